The van der Waals surface area contributed by atoms with Gasteiger partial charge in [0.2, 0.25) is 0 Å². The summed E-state index contributed by atoms with van der Waals surface area (Å²) in [6.45, 7) is 2.03. The molecule has 0 aliphatic rings. The van der Waals surface area contributed by atoms with E-state index in [9.17, 15) is 9.59 Å². The molecule has 0 fully saturated rings. The summed E-state index contributed by atoms with van der Waals surface area (Å²) in [7, 11) is 0. The molecule has 0 radical (unpaired) electrons. The van der Waals surface area contributed by atoms with E-state index in [2.05, 4.69) is 11.7 Å². The largest absolute Gasteiger partial charge is 0.392 e. The van der Waals surface area contributed by atoms with Crippen molar-refractivity contribution in [2.75, 3.05) is 6.54 Å². The summed E-state index contributed by atoms with van der Waals surface area (Å²) in [5.41, 5.74) is 5.07. The van der Waals surface area contributed by atoms with Gasteiger partial charge < -0.3 is 10.5 Å². The average Bonchev–Trinajstić information content (AvgIpc) is 2.55. The Bertz CT molecular complexity index is 292. The van der Waals surface area contributed by atoms with Crippen LogP contribution in [-0.4, -0.2) is 18.5 Å². The molecule has 23 heavy (non-hydrogen) atoms. The number of carbonyl (C=O) groups is 2. The zero-order valence-corrected chi connectivity index (χ0v) is 15.1. The molecule has 0 heterocycles. The van der Waals surface area contributed by atoms with Crippen molar-refractivity contribution in [3.05, 3.63) is 0 Å². The zero-order valence-electron chi connectivity index (χ0n) is 15.1. The summed E-state index contributed by atoms with van der Waals surface area (Å²) in [6.07, 6.45) is 18.3. The van der Waals surface area contributed by atoms with Crippen LogP contribution in [0.1, 0.15) is 103 Å². The number of hydrogen-bond acceptors (Lipinski definition) is 4. The molecule has 4 nitrogen and oxygen atoms in total. The van der Waals surface area contributed by atoms with Crippen LogP contribution >= 0.6 is 0 Å². The van der Waals surface area contributed by atoms with E-state index in [4.69, 9.17) is 5.73 Å². The third-order valence-corrected chi connectivity index (χ3v) is 4.13. The van der Waals surface area contributed by atoms with Gasteiger partial charge in [-0.1, -0.05) is 90.4 Å². The third-order valence-electron chi connectivity index (χ3n) is 4.13. The second kappa shape index (κ2) is 17.5. The number of unbranched alkanes of at least 4 members (excludes halogenated alkanes) is 13. The van der Waals surface area contributed by atoms with Crippen LogP contribution in [0.25, 0.3) is 0 Å². The summed E-state index contributed by atoms with van der Waals surface area (Å²) in [6, 6.07) is 0. The summed E-state index contributed by atoms with van der Waals surface area (Å²) in [5.74, 6) is -1.08. The number of nitrogens with two attached hydrogens (primary N) is 1. The van der Waals surface area contributed by atoms with Crippen molar-refractivity contribution < 1.29 is 14.3 Å². The quantitative estimate of drug-likeness (QED) is 0.249. The second-order valence-corrected chi connectivity index (χ2v) is 6.40. The van der Waals surface area contributed by atoms with E-state index in [1.165, 1.54) is 70.6 Å². The van der Waals surface area contributed by atoms with Gasteiger partial charge in [-0.2, -0.15) is 0 Å². The highest BCUT2D eigenvalue weighted by molar-refractivity contribution is 5.86. The highest BCUT2D eigenvalue weighted by Gasteiger charge is 2.07. The minimum Gasteiger partial charge on any atom is -0.392 e. The Morgan fingerprint density at radius 2 is 1.04 bits per heavy atom. The molecule has 2 N–H and O–H groups in total. The van der Waals surface area contributed by atoms with Gasteiger partial charge >= 0.3 is 11.9 Å². The van der Waals surface area contributed by atoms with Gasteiger partial charge in [0.25, 0.3) is 0 Å². The number of ether oxygens (including phenoxy) is 1. The molecule has 0 atom stereocenters. The van der Waals surface area contributed by atoms with Gasteiger partial charge in [0.15, 0.2) is 0 Å². The molecule has 0 amide bonds. The van der Waals surface area contributed by atoms with Crippen LogP contribution in [0.3, 0.4) is 0 Å². The van der Waals surface area contributed by atoms with Crippen LogP contribution in [-0.2, 0) is 14.3 Å². The molecule has 0 spiro atoms. The smallest absolute Gasteiger partial charge is 0.327 e. The Kier molecular flexibility index (Phi) is 16.8. The maximum absolute atomic E-state index is 11.2. The summed E-state index contributed by atoms with van der Waals surface area (Å²) < 4.78 is 4.51. The summed E-state index contributed by atoms with van der Waals surface area (Å²) in [5, 5.41) is 0. The van der Waals surface area contributed by atoms with Gasteiger partial charge in [0.05, 0.1) is 6.54 Å². The predicted octanol–water partition coefficient (Wildman–Crippen LogP) is 4.89. The van der Waals surface area contributed by atoms with E-state index in [1.54, 1.807) is 0 Å². The molecular formula is C19H37NO3. The number of esters is 2. The Morgan fingerprint density at radius 3 is 1.43 bits per heavy atom. The molecule has 136 valence electrons. The van der Waals surface area contributed by atoms with Crippen LogP contribution in [0.15, 0.2) is 0 Å². The van der Waals surface area contributed by atoms with E-state index in [0.29, 0.717) is 6.42 Å². The maximum atomic E-state index is 11.2. The lowest BCUT2D eigenvalue weighted by Crippen LogP contribution is -2.20. The predicted molar refractivity (Wildman–Crippen MR) is 95.1 cm³/mol. The first-order valence-electron chi connectivity index (χ1n) is 9.64. The van der Waals surface area contributed by atoms with Gasteiger partial charge in [-0.3, -0.25) is 9.59 Å². The standard InChI is InChI=1S/C19H37NO3/c1-2-3-4-5-6-7-8-9-10-11-12-13-14-15-16-18(21)23-19(22)17-20/h2-17,20H2,1H3. The normalized spacial score (nSPS) is 10.7. The monoisotopic (exact) mass is 327 g/mol. The van der Waals surface area contributed by atoms with E-state index in [0.717, 1.165) is 19.3 Å². The fraction of sp³-hybridized carbons (Fsp3) is 0.895. The van der Waals surface area contributed by atoms with E-state index in [1.807, 2.05) is 0 Å². The summed E-state index contributed by atoms with van der Waals surface area (Å²) >= 11 is 0. The SMILES string of the molecule is CCCCCCCCCCCCCCCCC(=O)OC(=O)CN. The molecule has 0 saturated carbocycles. The van der Waals surface area contributed by atoms with Crippen molar-refractivity contribution in [3.8, 4) is 0 Å². The van der Waals surface area contributed by atoms with E-state index in [-0.39, 0.29) is 6.54 Å². The van der Waals surface area contributed by atoms with Gasteiger partial charge in [-0.15, -0.1) is 0 Å². The maximum Gasteiger partial charge on any atom is 0.327 e. The van der Waals surface area contributed by atoms with Gasteiger partial charge in [-0.05, 0) is 6.42 Å². The van der Waals surface area contributed by atoms with Crippen molar-refractivity contribution in [1.29, 1.82) is 0 Å². The van der Waals surface area contributed by atoms with Crippen LogP contribution < -0.4 is 5.73 Å². The molecule has 4 heteroatoms. The lowest BCUT2D eigenvalue weighted by molar-refractivity contribution is -0.158. The molecule has 0 aliphatic carbocycles. The van der Waals surface area contributed by atoms with Crippen molar-refractivity contribution in [3.63, 3.8) is 0 Å². The van der Waals surface area contributed by atoms with Crippen LogP contribution in [0.2, 0.25) is 0 Å². The molecule has 0 aromatic rings. The summed E-state index contributed by atoms with van der Waals surface area (Å²) in [4.78, 5) is 22.0. The lowest BCUT2D eigenvalue weighted by atomic mass is 10.0. The highest BCUT2D eigenvalue weighted by Crippen LogP contribution is 2.13. The number of rotatable bonds is 16. The first-order valence-corrected chi connectivity index (χ1v) is 9.64. The molecule has 0 unspecified atom stereocenters. The van der Waals surface area contributed by atoms with Crippen molar-refractivity contribution in [2.45, 2.75) is 103 Å². The lowest BCUT2D eigenvalue weighted by Gasteiger charge is -2.03. The van der Waals surface area contributed by atoms with E-state index < -0.39 is 11.9 Å². The molecule has 0 aliphatic heterocycles. The van der Waals surface area contributed by atoms with Gasteiger partial charge in [-0.25, -0.2) is 0 Å². The fourth-order valence-electron chi connectivity index (χ4n) is 2.68. The molecule has 0 rings (SSSR count). The van der Waals surface area contributed by atoms with Gasteiger partial charge in [0.1, 0.15) is 0 Å². The molecular weight excluding hydrogens is 290 g/mol. The number of carbonyl (C=O) groups excluding carboxylic acids is 2. The fourth-order valence-corrected chi connectivity index (χ4v) is 2.68. The first-order chi connectivity index (χ1) is 11.2. The van der Waals surface area contributed by atoms with E-state index >= 15 is 0 Å². The highest BCUT2D eigenvalue weighted by atomic mass is 16.6. The van der Waals surface area contributed by atoms with Crippen molar-refractivity contribution in [1.82, 2.24) is 0 Å². The second-order valence-electron chi connectivity index (χ2n) is 6.40. The Labute approximate surface area is 142 Å². The molecule has 0 bridgehead atoms. The Morgan fingerprint density at radius 1 is 0.652 bits per heavy atom. The Hall–Kier alpha value is -0.900. The van der Waals surface area contributed by atoms with Crippen LogP contribution in [0, 0.1) is 0 Å². The van der Waals surface area contributed by atoms with Crippen LogP contribution in [0.5, 0.6) is 0 Å². The molecule has 0 aromatic heterocycles. The Balaban J connectivity index is 3.13. The zero-order chi connectivity index (χ0) is 17.2. The molecule has 0 aromatic carbocycles. The van der Waals surface area contributed by atoms with Crippen molar-refractivity contribution in [2.24, 2.45) is 5.73 Å². The average molecular weight is 328 g/mol. The minimum absolute atomic E-state index is 0.232. The minimum atomic E-state index is -0.639. The first kappa shape index (κ1) is 22.1. The van der Waals surface area contributed by atoms with Gasteiger partial charge in [0, 0.05) is 6.42 Å². The van der Waals surface area contributed by atoms with Crippen LogP contribution in [0.4, 0.5) is 0 Å². The molecule has 0 saturated heterocycles. The number of hydrogen-bond donors (Lipinski definition) is 1. The third kappa shape index (κ3) is 17.3. The van der Waals surface area contributed by atoms with Crippen molar-refractivity contribution >= 4 is 11.9 Å². The topological polar surface area (TPSA) is 69.4 Å².